The topological polar surface area (TPSA) is 86.3 Å². The first-order chi connectivity index (χ1) is 19.0. The summed E-state index contributed by atoms with van der Waals surface area (Å²) in [6, 6.07) is 13.4. The highest BCUT2D eigenvalue weighted by molar-refractivity contribution is 7.10. The summed E-state index contributed by atoms with van der Waals surface area (Å²) in [5, 5.41) is 5.17. The predicted octanol–water partition coefficient (Wildman–Crippen LogP) is 5.55. The molecule has 0 unspecified atom stereocenters. The lowest BCUT2D eigenvalue weighted by Gasteiger charge is -2.34. The van der Waals surface area contributed by atoms with E-state index < -0.39 is 6.04 Å². The third-order valence-electron chi connectivity index (χ3n) is 6.98. The fourth-order valence-corrected chi connectivity index (χ4v) is 5.68. The number of thiophene rings is 1. The number of rotatable bonds is 11. The zero-order chi connectivity index (χ0) is 27.8. The standard InChI is InChI=1S/C30H36N2O6S/c1-35-22-12-13-26(27(18-22)38-4)29(30(34)31-20-9-6-5-7-10-20)32(28(33)19-25-11-8-14-39-25)21-15-23(36-2)17-24(16-21)37-3/h8,11-18,20,29H,5-7,9-10,19H2,1-4H3,(H,31,34)/t29-/m0/s1. The van der Waals surface area contributed by atoms with Crippen LogP contribution in [0.1, 0.15) is 48.6 Å². The number of methoxy groups -OCH3 is 4. The zero-order valence-electron chi connectivity index (χ0n) is 22.9. The van der Waals surface area contributed by atoms with E-state index in [4.69, 9.17) is 18.9 Å². The van der Waals surface area contributed by atoms with Crippen molar-refractivity contribution in [1.29, 1.82) is 0 Å². The minimum atomic E-state index is -1.02. The molecule has 4 rings (SSSR count). The smallest absolute Gasteiger partial charge is 0.248 e. The van der Waals surface area contributed by atoms with Crippen LogP contribution in [-0.4, -0.2) is 46.3 Å². The number of amides is 2. The lowest BCUT2D eigenvalue weighted by molar-refractivity contribution is -0.127. The van der Waals surface area contributed by atoms with Crippen LogP contribution in [0.5, 0.6) is 23.0 Å². The zero-order valence-corrected chi connectivity index (χ0v) is 23.7. The third kappa shape index (κ3) is 6.84. The van der Waals surface area contributed by atoms with Gasteiger partial charge in [0.2, 0.25) is 11.8 Å². The van der Waals surface area contributed by atoms with E-state index in [9.17, 15) is 9.59 Å². The van der Waals surface area contributed by atoms with Gasteiger partial charge in [0.15, 0.2) is 0 Å². The van der Waals surface area contributed by atoms with Crippen LogP contribution in [-0.2, 0) is 16.0 Å². The Morgan fingerprint density at radius 3 is 2.18 bits per heavy atom. The lowest BCUT2D eigenvalue weighted by atomic mass is 9.94. The van der Waals surface area contributed by atoms with E-state index in [0.29, 0.717) is 34.2 Å². The van der Waals surface area contributed by atoms with Crippen molar-refractivity contribution < 1.29 is 28.5 Å². The van der Waals surface area contributed by atoms with Gasteiger partial charge >= 0.3 is 0 Å². The average Bonchev–Trinajstić information content (AvgIpc) is 3.48. The number of carbonyl (C=O) groups excluding carboxylic acids is 2. The molecular weight excluding hydrogens is 516 g/mol. The molecule has 8 nitrogen and oxygen atoms in total. The summed E-state index contributed by atoms with van der Waals surface area (Å²) in [5.74, 6) is 1.53. The molecule has 9 heteroatoms. The highest BCUT2D eigenvalue weighted by Crippen LogP contribution is 2.39. The quantitative estimate of drug-likeness (QED) is 0.336. The second kappa shape index (κ2) is 13.4. The van der Waals surface area contributed by atoms with Crippen LogP contribution in [0.2, 0.25) is 0 Å². The molecule has 0 radical (unpaired) electrons. The second-order valence-corrected chi connectivity index (χ2v) is 10.5. The number of anilines is 1. The molecule has 2 amide bonds. The summed E-state index contributed by atoms with van der Waals surface area (Å²) in [4.78, 5) is 30.8. The van der Waals surface area contributed by atoms with Gasteiger partial charge in [0.1, 0.15) is 29.0 Å². The molecule has 0 bridgehead atoms. The van der Waals surface area contributed by atoms with Gasteiger partial charge in [-0.2, -0.15) is 0 Å². The van der Waals surface area contributed by atoms with Crippen LogP contribution >= 0.6 is 11.3 Å². The van der Waals surface area contributed by atoms with E-state index in [-0.39, 0.29) is 24.3 Å². The molecule has 1 aromatic heterocycles. The maximum Gasteiger partial charge on any atom is 0.248 e. The molecule has 1 saturated carbocycles. The first kappa shape index (κ1) is 28.3. The largest absolute Gasteiger partial charge is 0.497 e. The molecule has 2 aromatic carbocycles. The fourth-order valence-electron chi connectivity index (χ4n) is 4.98. The predicted molar refractivity (Wildman–Crippen MR) is 152 cm³/mol. The summed E-state index contributed by atoms with van der Waals surface area (Å²) in [6.45, 7) is 0. The normalized spacial score (nSPS) is 14.3. The van der Waals surface area contributed by atoms with Crippen molar-refractivity contribution in [2.24, 2.45) is 0 Å². The van der Waals surface area contributed by atoms with Gasteiger partial charge in [0, 0.05) is 40.7 Å². The van der Waals surface area contributed by atoms with Gasteiger partial charge in [-0.25, -0.2) is 0 Å². The van der Waals surface area contributed by atoms with E-state index in [0.717, 1.165) is 37.0 Å². The van der Waals surface area contributed by atoms with E-state index in [1.54, 1.807) is 64.8 Å². The first-order valence-corrected chi connectivity index (χ1v) is 13.9. The van der Waals surface area contributed by atoms with E-state index in [1.807, 2.05) is 17.5 Å². The SMILES string of the molecule is COc1cc(OC)cc(N(C(=O)Cc2cccs2)[C@H](C(=O)NC2CCCCC2)c2ccc(OC)cc2OC)c1. The molecule has 1 aliphatic rings. The summed E-state index contributed by atoms with van der Waals surface area (Å²) in [6.07, 6.45) is 5.24. The molecule has 1 heterocycles. The van der Waals surface area contributed by atoms with Gasteiger partial charge in [0.05, 0.1) is 40.5 Å². The van der Waals surface area contributed by atoms with Crippen molar-refractivity contribution in [2.45, 2.75) is 50.6 Å². The Bertz CT molecular complexity index is 1230. The monoisotopic (exact) mass is 552 g/mol. The molecule has 39 heavy (non-hydrogen) atoms. The third-order valence-corrected chi connectivity index (χ3v) is 7.86. The van der Waals surface area contributed by atoms with Crippen molar-refractivity contribution in [3.8, 4) is 23.0 Å². The molecule has 208 valence electrons. The first-order valence-electron chi connectivity index (χ1n) is 13.1. The van der Waals surface area contributed by atoms with Gasteiger partial charge in [-0.1, -0.05) is 25.3 Å². The second-order valence-electron chi connectivity index (χ2n) is 9.44. The minimum Gasteiger partial charge on any atom is -0.497 e. The number of hydrogen-bond acceptors (Lipinski definition) is 7. The van der Waals surface area contributed by atoms with Gasteiger partial charge in [-0.05, 0) is 36.4 Å². The Hall–Kier alpha value is -3.72. The van der Waals surface area contributed by atoms with Gasteiger partial charge in [-0.15, -0.1) is 11.3 Å². The van der Waals surface area contributed by atoms with Gasteiger partial charge in [-0.3, -0.25) is 14.5 Å². The minimum absolute atomic E-state index is 0.0482. The Balaban J connectivity index is 1.87. The number of carbonyl (C=O) groups is 2. The molecule has 1 atom stereocenters. The Labute approximate surface area is 233 Å². The highest BCUT2D eigenvalue weighted by Gasteiger charge is 2.36. The van der Waals surface area contributed by atoms with E-state index >= 15 is 0 Å². The van der Waals surface area contributed by atoms with Crippen LogP contribution in [0.25, 0.3) is 0 Å². The molecule has 1 N–H and O–H groups in total. The van der Waals surface area contributed by atoms with E-state index in [2.05, 4.69) is 5.32 Å². The van der Waals surface area contributed by atoms with Gasteiger partial charge in [0.25, 0.3) is 0 Å². The maximum atomic E-state index is 14.2. The van der Waals surface area contributed by atoms with Crippen LogP contribution in [0.3, 0.4) is 0 Å². The van der Waals surface area contributed by atoms with Crippen LogP contribution < -0.4 is 29.2 Å². The lowest BCUT2D eigenvalue weighted by Crippen LogP contribution is -2.47. The molecule has 1 fully saturated rings. The molecule has 0 saturated heterocycles. The number of nitrogens with zero attached hydrogens (tertiary/aromatic N) is 1. The summed E-state index contributed by atoms with van der Waals surface area (Å²) in [7, 11) is 6.22. The average molecular weight is 553 g/mol. The van der Waals surface area contributed by atoms with Crippen molar-refractivity contribution in [3.05, 3.63) is 64.4 Å². The molecule has 1 aliphatic carbocycles. The summed E-state index contributed by atoms with van der Waals surface area (Å²) >= 11 is 1.50. The van der Waals surface area contributed by atoms with Crippen LogP contribution in [0.4, 0.5) is 5.69 Å². The Morgan fingerprint density at radius 2 is 1.59 bits per heavy atom. The highest BCUT2D eigenvalue weighted by atomic mass is 32.1. The number of ether oxygens (including phenoxy) is 4. The number of nitrogens with one attached hydrogen (secondary N) is 1. The number of hydrogen-bond donors (Lipinski definition) is 1. The molecule has 0 aliphatic heterocycles. The Morgan fingerprint density at radius 1 is 0.897 bits per heavy atom. The molecule has 0 spiro atoms. The van der Waals surface area contributed by atoms with Crippen LogP contribution in [0, 0.1) is 0 Å². The van der Waals surface area contributed by atoms with Crippen molar-refractivity contribution in [3.63, 3.8) is 0 Å². The van der Waals surface area contributed by atoms with Crippen LogP contribution in [0.15, 0.2) is 53.9 Å². The van der Waals surface area contributed by atoms with E-state index in [1.165, 1.54) is 16.2 Å². The number of benzene rings is 2. The van der Waals surface area contributed by atoms with Crippen molar-refractivity contribution >= 4 is 28.8 Å². The Kier molecular flexibility index (Phi) is 9.70. The summed E-state index contributed by atoms with van der Waals surface area (Å²) < 4.78 is 22.2. The molecule has 3 aromatic rings. The molecular formula is C30H36N2O6S. The van der Waals surface area contributed by atoms with Crippen molar-refractivity contribution in [2.75, 3.05) is 33.3 Å². The van der Waals surface area contributed by atoms with Gasteiger partial charge < -0.3 is 24.3 Å². The summed E-state index contributed by atoms with van der Waals surface area (Å²) in [5.41, 5.74) is 1.03. The maximum absolute atomic E-state index is 14.2. The fraction of sp³-hybridized carbons (Fsp3) is 0.400. The van der Waals surface area contributed by atoms with Crippen molar-refractivity contribution in [1.82, 2.24) is 5.32 Å².